The highest BCUT2D eigenvalue weighted by Crippen LogP contribution is 2.25. The quantitative estimate of drug-likeness (QED) is 0.767. The molecule has 0 fully saturated rings. The standard InChI is InChI=1S/C13H22N2O/c1-6-10(4)12-13(16-5)15-11(8-14-12)7-9(2)3/h8-10H,6-7H2,1-5H3/t10-/m0/s1. The van der Waals surface area contributed by atoms with Gasteiger partial charge in [0.25, 0.3) is 0 Å². The third kappa shape index (κ3) is 3.19. The average molecular weight is 222 g/mol. The van der Waals surface area contributed by atoms with Crippen LogP contribution in [0, 0.1) is 5.92 Å². The van der Waals surface area contributed by atoms with Crippen LogP contribution >= 0.6 is 0 Å². The molecule has 0 aliphatic carbocycles. The van der Waals surface area contributed by atoms with Gasteiger partial charge in [-0.1, -0.05) is 27.7 Å². The lowest BCUT2D eigenvalue weighted by molar-refractivity contribution is 0.382. The Morgan fingerprint density at radius 3 is 2.50 bits per heavy atom. The molecule has 1 heterocycles. The highest BCUT2D eigenvalue weighted by molar-refractivity contribution is 5.23. The van der Waals surface area contributed by atoms with Crippen molar-refractivity contribution < 1.29 is 4.74 Å². The zero-order valence-corrected chi connectivity index (χ0v) is 10.9. The molecule has 3 heteroatoms. The first-order valence-corrected chi connectivity index (χ1v) is 5.98. The van der Waals surface area contributed by atoms with Crippen LogP contribution in [0.5, 0.6) is 5.88 Å². The molecule has 0 aliphatic rings. The topological polar surface area (TPSA) is 35.0 Å². The van der Waals surface area contributed by atoms with E-state index in [-0.39, 0.29) is 0 Å². The lowest BCUT2D eigenvalue weighted by atomic mass is 10.0. The number of rotatable bonds is 5. The molecule has 1 aromatic rings. The van der Waals surface area contributed by atoms with Crippen molar-refractivity contribution >= 4 is 0 Å². The first kappa shape index (κ1) is 12.9. The molecule has 90 valence electrons. The summed E-state index contributed by atoms with van der Waals surface area (Å²) < 4.78 is 5.32. The van der Waals surface area contributed by atoms with Gasteiger partial charge < -0.3 is 4.74 Å². The van der Waals surface area contributed by atoms with Crippen molar-refractivity contribution in [1.82, 2.24) is 9.97 Å². The van der Waals surface area contributed by atoms with Gasteiger partial charge in [-0.3, -0.25) is 4.98 Å². The van der Waals surface area contributed by atoms with Crippen molar-refractivity contribution in [2.75, 3.05) is 7.11 Å². The number of hydrogen-bond acceptors (Lipinski definition) is 3. The van der Waals surface area contributed by atoms with Crippen molar-refractivity contribution in [2.24, 2.45) is 5.92 Å². The van der Waals surface area contributed by atoms with Crippen molar-refractivity contribution in [3.8, 4) is 5.88 Å². The van der Waals surface area contributed by atoms with Crippen molar-refractivity contribution in [3.63, 3.8) is 0 Å². The number of aromatic nitrogens is 2. The van der Waals surface area contributed by atoms with Gasteiger partial charge in [-0.15, -0.1) is 0 Å². The smallest absolute Gasteiger partial charge is 0.235 e. The third-order valence-corrected chi connectivity index (χ3v) is 2.71. The summed E-state index contributed by atoms with van der Waals surface area (Å²) in [6, 6.07) is 0. The summed E-state index contributed by atoms with van der Waals surface area (Å²) in [6.07, 6.45) is 3.88. The largest absolute Gasteiger partial charge is 0.480 e. The van der Waals surface area contributed by atoms with Gasteiger partial charge in [0.15, 0.2) is 0 Å². The average Bonchev–Trinajstić information content (AvgIpc) is 2.27. The number of methoxy groups -OCH3 is 1. The number of ether oxygens (including phenoxy) is 1. The summed E-state index contributed by atoms with van der Waals surface area (Å²) >= 11 is 0. The SMILES string of the molecule is CC[C@H](C)c1ncc(CC(C)C)nc1OC. The van der Waals surface area contributed by atoms with E-state index in [0.717, 1.165) is 24.2 Å². The Balaban J connectivity index is 2.97. The van der Waals surface area contributed by atoms with Gasteiger partial charge in [0.05, 0.1) is 12.8 Å². The summed E-state index contributed by atoms with van der Waals surface area (Å²) in [5, 5.41) is 0. The fourth-order valence-electron chi connectivity index (χ4n) is 1.61. The van der Waals surface area contributed by atoms with Gasteiger partial charge >= 0.3 is 0 Å². The van der Waals surface area contributed by atoms with Gasteiger partial charge in [0, 0.05) is 12.1 Å². The third-order valence-electron chi connectivity index (χ3n) is 2.71. The predicted octanol–water partition coefficient (Wildman–Crippen LogP) is 3.20. The Kier molecular flexibility index (Phi) is 4.71. The maximum Gasteiger partial charge on any atom is 0.235 e. The molecule has 1 aromatic heterocycles. The molecule has 0 N–H and O–H groups in total. The van der Waals surface area contributed by atoms with Gasteiger partial charge in [-0.25, -0.2) is 4.98 Å². The molecule has 16 heavy (non-hydrogen) atoms. The summed E-state index contributed by atoms with van der Waals surface area (Å²) in [5.74, 6) is 1.68. The van der Waals surface area contributed by atoms with Crippen LogP contribution in [-0.4, -0.2) is 17.1 Å². The van der Waals surface area contributed by atoms with Crippen LogP contribution in [0.4, 0.5) is 0 Å². The molecule has 0 bridgehead atoms. The second-order valence-corrected chi connectivity index (χ2v) is 4.66. The molecule has 0 saturated heterocycles. The predicted molar refractivity (Wildman–Crippen MR) is 65.8 cm³/mol. The van der Waals surface area contributed by atoms with E-state index in [1.807, 2.05) is 6.20 Å². The van der Waals surface area contributed by atoms with Crippen LogP contribution in [0.15, 0.2) is 6.20 Å². The van der Waals surface area contributed by atoms with Crippen LogP contribution in [0.2, 0.25) is 0 Å². The van der Waals surface area contributed by atoms with E-state index in [1.165, 1.54) is 0 Å². The Bertz CT molecular complexity index is 337. The van der Waals surface area contributed by atoms with Crippen LogP contribution < -0.4 is 4.74 Å². The van der Waals surface area contributed by atoms with Gasteiger partial charge in [0.2, 0.25) is 5.88 Å². The minimum Gasteiger partial charge on any atom is -0.480 e. The Labute approximate surface area is 98.3 Å². The normalized spacial score (nSPS) is 12.9. The Morgan fingerprint density at radius 1 is 1.31 bits per heavy atom. The zero-order valence-electron chi connectivity index (χ0n) is 10.9. The molecule has 0 aliphatic heterocycles. The highest BCUT2D eigenvalue weighted by Gasteiger charge is 2.14. The number of nitrogens with zero attached hydrogens (tertiary/aromatic N) is 2. The lowest BCUT2D eigenvalue weighted by Crippen LogP contribution is -2.06. The summed E-state index contributed by atoms with van der Waals surface area (Å²) in [4.78, 5) is 9.00. The van der Waals surface area contributed by atoms with Gasteiger partial charge in [0.1, 0.15) is 5.69 Å². The fourth-order valence-corrected chi connectivity index (χ4v) is 1.61. The zero-order chi connectivity index (χ0) is 12.1. The van der Waals surface area contributed by atoms with E-state index in [0.29, 0.717) is 17.7 Å². The molecule has 0 unspecified atom stereocenters. The first-order valence-electron chi connectivity index (χ1n) is 5.98. The van der Waals surface area contributed by atoms with Crippen LogP contribution in [-0.2, 0) is 6.42 Å². The highest BCUT2D eigenvalue weighted by atomic mass is 16.5. The molecule has 0 spiro atoms. The fraction of sp³-hybridized carbons (Fsp3) is 0.692. The molecule has 0 saturated carbocycles. The molecule has 1 rings (SSSR count). The maximum atomic E-state index is 5.32. The van der Waals surface area contributed by atoms with Gasteiger partial charge in [-0.2, -0.15) is 0 Å². The second kappa shape index (κ2) is 5.83. The van der Waals surface area contributed by atoms with Crippen molar-refractivity contribution in [3.05, 3.63) is 17.6 Å². The minimum atomic E-state index is 0.399. The van der Waals surface area contributed by atoms with E-state index in [9.17, 15) is 0 Å². The molecule has 3 nitrogen and oxygen atoms in total. The van der Waals surface area contributed by atoms with E-state index in [1.54, 1.807) is 7.11 Å². The molecule has 0 amide bonds. The van der Waals surface area contributed by atoms with Crippen LogP contribution in [0.25, 0.3) is 0 Å². The summed E-state index contributed by atoms with van der Waals surface area (Å²) in [7, 11) is 1.66. The second-order valence-electron chi connectivity index (χ2n) is 4.66. The van der Waals surface area contributed by atoms with Crippen LogP contribution in [0.1, 0.15) is 51.4 Å². The Hall–Kier alpha value is -1.12. The minimum absolute atomic E-state index is 0.399. The Morgan fingerprint density at radius 2 is 2.00 bits per heavy atom. The first-order chi connectivity index (χ1) is 7.58. The van der Waals surface area contributed by atoms with E-state index < -0.39 is 0 Å². The maximum absolute atomic E-state index is 5.32. The number of hydrogen-bond donors (Lipinski definition) is 0. The molecular formula is C13H22N2O. The van der Waals surface area contributed by atoms with E-state index in [2.05, 4.69) is 37.7 Å². The van der Waals surface area contributed by atoms with Crippen molar-refractivity contribution in [1.29, 1.82) is 0 Å². The molecule has 0 radical (unpaired) electrons. The van der Waals surface area contributed by atoms with Gasteiger partial charge in [-0.05, 0) is 18.8 Å². The summed E-state index contributed by atoms with van der Waals surface area (Å²) in [6.45, 7) is 8.65. The van der Waals surface area contributed by atoms with Crippen LogP contribution in [0.3, 0.4) is 0 Å². The molecular weight excluding hydrogens is 200 g/mol. The monoisotopic (exact) mass is 222 g/mol. The summed E-state index contributed by atoms with van der Waals surface area (Å²) in [5.41, 5.74) is 1.98. The van der Waals surface area contributed by atoms with Crippen molar-refractivity contribution in [2.45, 2.75) is 46.5 Å². The van der Waals surface area contributed by atoms with E-state index in [4.69, 9.17) is 4.74 Å². The lowest BCUT2D eigenvalue weighted by Gasteiger charge is -2.13. The molecule has 0 aromatic carbocycles. The molecule has 1 atom stereocenters. The van der Waals surface area contributed by atoms with E-state index >= 15 is 0 Å².